The zero-order valence-corrected chi connectivity index (χ0v) is 18.8. The number of rotatable bonds is 6. The Kier molecular flexibility index (Phi) is 6.83. The van der Waals surface area contributed by atoms with Crippen LogP contribution in [0.25, 0.3) is 0 Å². The summed E-state index contributed by atoms with van der Waals surface area (Å²) in [6.07, 6.45) is 1.32. The first-order valence-corrected chi connectivity index (χ1v) is 11.7. The monoisotopic (exact) mass is 430 g/mol. The van der Waals surface area contributed by atoms with Gasteiger partial charge in [-0.25, -0.2) is 8.42 Å². The van der Waals surface area contributed by atoms with E-state index in [0.29, 0.717) is 31.1 Å². The van der Waals surface area contributed by atoms with Crippen LogP contribution in [0.4, 0.5) is 5.69 Å². The van der Waals surface area contributed by atoms with Gasteiger partial charge in [0.05, 0.1) is 17.9 Å². The van der Waals surface area contributed by atoms with Gasteiger partial charge in [-0.2, -0.15) is 4.31 Å². The maximum absolute atomic E-state index is 13.1. The molecule has 1 N–H and O–H groups in total. The zero-order chi connectivity index (χ0) is 21.9. The Bertz CT molecular complexity index is 1000. The highest BCUT2D eigenvalue weighted by Gasteiger charge is 2.33. The van der Waals surface area contributed by atoms with Gasteiger partial charge in [0.2, 0.25) is 15.9 Å². The van der Waals surface area contributed by atoms with Gasteiger partial charge in [-0.05, 0) is 67.1 Å². The summed E-state index contributed by atoms with van der Waals surface area (Å²) in [6, 6.07) is 12.6. The van der Waals surface area contributed by atoms with E-state index in [9.17, 15) is 13.2 Å². The van der Waals surface area contributed by atoms with E-state index >= 15 is 0 Å². The second-order valence-electron chi connectivity index (χ2n) is 8.10. The number of sulfonamides is 1. The topological polar surface area (TPSA) is 75.7 Å². The number of hydrogen-bond donors (Lipinski definition) is 1. The molecule has 1 unspecified atom stereocenters. The third-order valence-corrected chi connectivity index (χ3v) is 7.47. The highest BCUT2D eigenvalue weighted by molar-refractivity contribution is 7.89. The predicted octanol–water partition coefficient (Wildman–Crippen LogP) is 4.17. The molecule has 0 aliphatic carbocycles. The summed E-state index contributed by atoms with van der Waals surface area (Å²) in [6.45, 7) is 6.66. The maximum atomic E-state index is 13.1. The number of piperidine rings is 1. The number of methoxy groups -OCH3 is 1. The van der Waals surface area contributed by atoms with E-state index in [-0.39, 0.29) is 23.3 Å². The van der Waals surface area contributed by atoms with Crippen LogP contribution in [-0.4, -0.2) is 38.8 Å². The Morgan fingerprint density at radius 3 is 2.47 bits per heavy atom. The van der Waals surface area contributed by atoms with Crippen molar-refractivity contribution in [3.05, 3.63) is 53.6 Å². The summed E-state index contributed by atoms with van der Waals surface area (Å²) >= 11 is 0. The highest BCUT2D eigenvalue weighted by atomic mass is 32.2. The van der Waals surface area contributed by atoms with Gasteiger partial charge >= 0.3 is 0 Å². The van der Waals surface area contributed by atoms with Crippen LogP contribution in [0.15, 0.2) is 47.4 Å². The minimum Gasteiger partial charge on any atom is -0.496 e. The second-order valence-corrected chi connectivity index (χ2v) is 10.0. The Morgan fingerprint density at radius 2 is 1.87 bits per heavy atom. The molecule has 7 heteroatoms. The van der Waals surface area contributed by atoms with E-state index in [2.05, 4.69) is 19.2 Å². The van der Waals surface area contributed by atoms with Crippen LogP contribution in [-0.2, 0) is 14.8 Å². The number of amides is 1. The molecule has 2 aromatic rings. The number of hydrogen-bond acceptors (Lipinski definition) is 4. The number of carbonyl (C=O) groups is 1. The smallest absolute Gasteiger partial charge is 0.243 e. The van der Waals surface area contributed by atoms with Gasteiger partial charge in [0.25, 0.3) is 0 Å². The number of carbonyl (C=O) groups excluding carboxylic acids is 1. The fourth-order valence-electron chi connectivity index (χ4n) is 3.73. The number of nitrogens with one attached hydrogen (secondary N) is 1. The fourth-order valence-corrected chi connectivity index (χ4v) is 5.34. The summed E-state index contributed by atoms with van der Waals surface area (Å²) in [5.41, 5.74) is 2.70. The average Bonchev–Trinajstić information content (AvgIpc) is 2.74. The van der Waals surface area contributed by atoms with Gasteiger partial charge in [-0.3, -0.25) is 4.79 Å². The third-order valence-electron chi connectivity index (χ3n) is 5.60. The maximum Gasteiger partial charge on any atom is 0.243 e. The highest BCUT2D eigenvalue weighted by Crippen LogP contribution is 2.28. The lowest BCUT2D eigenvalue weighted by Crippen LogP contribution is -2.43. The van der Waals surface area contributed by atoms with Crippen molar-refractivity contribution < 1.29 is 17.9 Å². The number of anilines is 1. The lowest BCUT2D eigenvalue weighted by molar-refractivity contribution is -0.120. The van der Waals surface area contributed by atoms with Gasteiger partial charge in [0, 0.05) is 18.8 Å². The molecule has 3 rings (SSSR count). The first-order valence-electron chi connectivity index (χ1n) is 10.3. The molecule has 1 aliphatic rings. The fraction of sp³-hybridized carbons (Fsp3) is 0.435. The molecular weight excluding hydrogens is 400 g/mol. The van der Waals surface area contributed by atoms with Gasteiger partial charge in [0.15, 0.2) is 0 Å². The van der Waals surface area contributed by atoms with Crippen LogP contribution < -0.4 is 10.1 Å². The molecule has 0 bridgehead atoms. The quantitative estimate of drug-likeness (QED) is 0.746. The summed E-state index contributed by atoms with van der Waals surface area (Å²) < 4.78 is 32.9. The van der Waals surface area contributed by atoms with Crippen LogP contribution >= 0.6 is 0 Å². The van der Waals surface area contributed by atoms with Crippen molar-refractivity contribution >= 4 is 21.6 Å². The summed E-state index contributed by atoms with van der Waals surface area (Å²) in [5.74, 6) is 0.553. The molecule has 1 amide bonds. The molecule has 1 saturated heterocycles. The van der Waals surface area contributed by atoms with Crippen LogP contribution in [0.3, 0.4) is 0 Å². The van der Waals surface area contributed by atoms with Crippen molar-refractivity contribution in [1.82, 2.24) is 4.31 Å². The molecular formula is C23H30N2O4S. The number of aryl methyl sites for hydroxylation is 1. The first kappa shape index (κ1) is 22.3. The van der Waals surface area contributed by atoms with Crippen LogP contribution in [0.1, 0.15) is 43.7 Å². The van der Waals surface area contributed by atoms with Crippen molar-refractivity contribution in [1.29, 1.82) is 0 Å². The normalized spacial score (nSPS) is 17.7. The molecule has 2 aromatic carbocycles. The molecule has 1 fully saturated rings. The minimum atomic E-state index is -3.67. The minimum absolute atomic E-state index is 0.141. The molecule has 0 aromatic heterocycles. The van der Waals surface area contributed by atoms with Crippen molar-refractivity contribution in [3.63, 3.8) is 0 Å². The van der Waals surface area contributed by atoms with Gasteiger partial charge in [-0.15, -0.1) is 0 Å². The molecule has 1 aliphatic heterocycles. The molecule has 162 valence electrons. The van der Waals surface area contributed by atoms with Gasteiger partial charge < -0.3 is 10.1 Å². The molecule has 0 spiro atoms. The Labute approximate surface area is 179 Å². The molecule has 6 nitrogen and oxygen atoms in total. The number of benzene rings is 2. The van der Waals surface area contributed by atoms with Gasteiger partial charge in [0.1, 0.15) is 5.75 Å². The van der Waals surface area contributed by atoms with Crippen molar-refractivity contribution in [2.75, 3.05) is 25.5 Å². The molecule has 0 saturated carbocycles. The second kappa shape index (κ2) is 9.18. The van der Waals surface area contributed by atoms with E-state index in [1.807, 2.05) is 31.2 Å². The summed E-state index contributed by atoms with van der Waals surface area (Å²) in [5, 5.41) is 2.94. The van der Waals surface area contributed by atoms with Crippen molar-refractivity contribution in [3.8, 4) is 5.75 Å². The Hall–Kier alpha value is -2.38. The summed E-state index contributed by atoms with van der Waals surface area (Å²) in [4.78, 5) is 13.0. The average molecular weight is 431 g/mol. The number of nitrogens with zero attached hydrogens (tertiary/aromatic N) is 1. The standard InChI is InChI=1S/C23H30N2O4S/c1-16(2)18-7-9-20(10-8-18)24-23(26)19-6-5-13-25(15-19)30(27,28)21-11-12-22(29-4)17(3)14-21/h7-12,14,16,19H,5-6,13,15H2,1-4H3,(H,24,26). The van der Waals surface area contributed by atoms with E-state index in [1.54, 1.807) is 25.3 Å². The lowest BCUT2D eigenvalue weighted by atomic mass is 9.98. The summed E-state index contributed by atoms with van der Waals surface area (Å²) in [7, 11) is -2.11. The molecule has 0 radical (unpaired) electrons. The Morgan fingerprint density at radius 1 is 1.17 bits per heavy atom. The molecule has 1 heterocycles. The van der Waals surface area contributed by atoms with E-state index in [1.165, 1.54) is 9.87 Å². The van der Waals surface area contributed by atoms with Crippen LogP contribution in [0.2, 0.25) is 0 Å². The Balaban J connectivity index is 1.71. The predicted molar refractivity (Wildman–Crippen MR) is 118 cm³/mol. The molecule has 1 atom stereocenters. The molecule has 30 heavy (non-hydrogen) atoms. The largest absolute Gasteiger partial charge is 0.496 e. The van der Waals surface area contributed by atoms with Crippen molar-refractivity contribution in [2.24, 2.45) is 5.92 Å². The van der Waals surface area contributed by atoms with Crippen LogP contribution in [0, 0.1) is 12.8 Å². The zero-order valence-electron chi connectivity index (χ0n) is 18.0. The third kappa shape index (κ3) is 4.84. The number of ether oxygens (including phenoxy) is 1. The van der Waals surface area contributed by atoms with Gasteiger partial charge in [-0.1, -0.05) is 26.0 Å². The SMILES string of the molecule is COc1ccc(S(=O)(=O)N2CCCC(C(=O)Nc3ccc(C(C)C)cc3)C2)cc1C. The lowest BCUT2D eigenvalue weighted by Gasteiger charge is -2.31. The first-order chi connectivity index (χ1) is 14.2. The van der Waals surface area contributed by atoms with E-state index in [0.717, 1.165) is 11.3 Å². The van der Waals surface area contributed by atoms with Crippen molar-refractivity contribution in [2.45, 2.75) is 44.4 Å². The van der Waals surface area contributed by atoms with E-state index < -0.39 is 10.0 Å². The van der Waals surface area contributed by atoms with E-state index in [4.69, 9.17) is 4.74 Å². The van der Waals surface area contributed by atoms with Crippen LogP contribution in [0.5, 0.6) is 5.75 Å².